The lowest BCUT2D eigenvalue weighted by atomic mass is 9.41. The summed E-state index contributed by atoms with van der Waals surface area (Å²) in [6, 6.07) is 0. The van der Waals surface area contributed by atoms with Crippen LogP contribution in [0.2, 0.25) is 0 Å². The van der Waals surface area contributed by atoms with Gasteiger partial charge in [0.25, 0.3) is 0 Å². The number of hydrogen-bond acceptors (Lipinski definition) is 20. The highest BCUT2D eigenvalue weighted by Gasteiger charge is 2.85. The molecule has 0 unspecified atom stereocenters. The van der Waals surface area contributed by atoms with Crippen molar-refractivity contribution >= 4 is 0 Å². The highest BCUT2D eigenvalue weighted by atomic mass is 16.7. The van der Waals surface area contributed by atoms with E-state index < -0.39 is 158 Å². The molecule has 68 heavy (non-hydrogen) atoms. The van der Waals surface area contributed by atoms with Gasteiger partial charge >= 0.3 is 0 Å². The summed E-state index contributed by atoms with van der Waals surface area (Å²) in [5, 5.41) is 150. The Kier molecular flexibility index (Phi) is 14.8. The van der Waals surface area contributed by atoms with Gasteiger partial charge in [-0.2, -0.15) is 0 Å². The number of fused-ring (bicyclic) bond motifs is 2. The Morgan fingerprint density at radius 3 is 1.62 bits per heavy atom. The van der Waals surface area contributed by atoms with Crippen LogP contribution in [-0.2, 0) is 28.4 Å². The van der Waals surface area contributed by atoms with E-state index >= 15 is 0 Å². The van der Waals surface area contributed by atoms with Crippen molar-refractivity contribution in [1.82, 2.24) is 0 Å². The van der Waals surface area contributed by atoms with Crippen molar-refractivity contribution in [1.29, 1.82) is 0 Å². The summed E-state index contributed by atoms with van der Waals surface area (Å²) >= 11 is 0. The molecule has 0 aromatic carbocycles. The zero-order valence-electron chi connectivity index (χ0n) is 40.5. The molecule has 394 valence electrons. The highest BCUT2D eigenvalue weighted by molar-refractivity contribution is 5.33. The molecule has 14 N–H and O–H groups in total. The summed E-state index contributed by atoms with van der Waals surface area (Å²) in [6.07, 6.45) is -19.8. The lowest BCUT2D eigenvalue weighted by molar-refractivity contribution is -0.345. The Bertz CT molecular complexity index is 1750. The molecule has 27 atom stereocenters. The quantitative estimate of drug-likeness (QED) is 0.0818. The summed E-state index contributed by atoms with van der Waals surface area (Å²) in [7, 11) is 0. The van der Waals surface area contributed by atoms with E-state index in [0.29, 0.717) is 32.1 Å². The molecule has 8 aliphatic rings. The Balaban J connectivity index is 1.07. The largest absolute Gasteiger partial charge is 0.394 e. The van der Waals surface area contributed by atoms with Gasteiger partial charge in [-0.25, -0.2) is 0 Å². The van der Waals surface area contributed by atoms with Crippen LogP contribution in [0.1, 0.15) is 106 Å². The van der Waals surface area contributed by atoms with E-state index in [2.05, 4.69) is 34.6 Å². The van der Waals surface area contributed by atoms with Crippen molar-refractivity contribution in [2.45, 2.75) is 228 Å². The first-order chi connectivity index (χ1) is 31.7. The third-order valence-electron chi connectivity index (χ3n) is 19.8. The molecule has 0 aromatic heterocycles. The summed E-state index contributed by atoms with van der Waals surface area (Å²) in [5.74, 6) is -0.590. The third kappa shape index (κ3) is 8.28. The van der Waals surface area contributed by atoms with Crippen LogP contribution in [0.15, 0.2) is 0 Å². The van der Waals surface area contributed by atoms with Gasteiger partial charge in [0, 0.05) is 0 Å². The smallest absolute Gasteiger partial charge is 0.187 e. The minimum atomic E-state index is -1.67. The number of rotatable bonds is 14. The van der Waals surface area contributed by atoms with Gasteiger partial charge in [-0.05, 0) is 122 Å². The second kappa shape index (κ2) is 18.8. The number of ether oxygens (including phenoxy) is 6. The van der Waals surface area contributed by atoms with E-state index in [1.54, 1.807) is 13.8 Å². The van der Waals surface area contributed by atoms with Crippen molar-refractivity contribution in [3.63, 3.8) is 0 Å². The fourth-order valence-electron chi connectivity index (χ4n) is 16.1. The number of aliphatic hydroxyl groups is 14. The van der Waals surface area contributed by atoms with E-state index in [0.717, 1.165) is 19.3 Å². The monoisotopic (exact) mass is 979 g/mol. The highest BCUT2D eigenvalue weighted by Crippen LogP contribution is 2.89. The molecule has 0 amide bonds. The van der Waals surface area contributed by atoms with Crippen LogP contribution in [0, 0.1) is 50.7 Å². The van der Waals surface area contributed by atoms with Crippen LogP contribution < -0.4 is 0 Å². The molecule has 8 fully saturated rings. The van der Waals surface area contributed by atoms with Gasteiger partial charge in [-0.15, -0.1) is 0 Å². The predicted molar refractivity (Wildman–Crippen MR) is 234 cm³/mol. The van der Waals surface area contributed by atoms with Gasteiger partial charge in [-0.1, -0.05) is 34.6 Å². The number of aliphatic hydroxyl groups excluding tert-OH is 13. The maximum absolute atomic E-state index is 12.3. The average molecular weight is 979 g/mol. The van der Waals surface area contributed by atoms with Crippen molar-refractivity contribution in [2.24, 2.45) is 50.7 Å². The zero-order chi connectivity index (χ0) is 50.0. The van der Waals surface area contributed by atoms with Gasteiger partial charge in [0.05, 0.1) is 49.8 Å². The second-order valence-electron chi connectivity index (χ2n) is 24.0. The van der Waals surface area contributed by atoms with E-state index in [4.69, 9.17) is 28.4 Å². The molecule has 20 nitrogen and oxygen atoms in total. The van der Waals surface area contributed by atoms with Crippen molar-refractivity contribution in [3.8, 4) is 0 Å². The van der Waals surface area contributed by atoms with Crippen molar-refractivity contribution < 1.29 is 99.9 Å². The van der Waals surface area contributed by atoms with Crippen LogP contribution in [-0.4, -0.2) is 213 Å². The van der Waals surface area contributed by atoms with Crippen LogP contribution in [0.4, 0.5) is 0 Å². The van der Waals surface area contributed by atoms with Crippen molar-refractivity contribution in [3.05, 3.63) is 0 Å². The molecule has 5 aliphatic carbocycles. The minimum absolute atomic E-state index is 0.0101. The zero-order valence-corrected chi connectivity index (χ0v) is 40.5. The summed E-state index contributed by atoms with van der Waals surface area (Å²) in [6.45, 7) is 12.0. The van der Waals surface area contributed by atoms with Crippen LogP contribution >= 0.6 is 0 Å². The van der Waals surface area contributed by atoms with Gasteiger partial charge in [-0.3, -0.25) is 0 Å². The summed E-state index contributed by atoms with van der Waals surface area (Å²) in [5.41, 5.74) is -3.56. The normalized spacial score (nSPS) is 54.2. The minimum Gasteiger partial charge on any atom is -0.394 e. The fourth-order valence-corrected chi connectivity index (χ4v) is 16.1. The van der Waals surface area contributed by atoms with Crippen molar-refractivity contribution in [2.75, 3.05) is 19.8 Å². The molecule has 0 aromatic rings. The SMILES string of the molecule is C[C@H](CC[C@H](O[C@@H]1O[C@H](CO)[C@@H](O)[C@H](O)[C@H]1O)C(C)(C)O)[C@H]1[C@@H](O)C[C@@]2(C)[C@@H]3C[C@H](O[C@@H]4O[C@H](CO)[C@@H](O)[C@H](O)[C@H]4O)[C@@H]4C(C)(C)[C@@H](O[C@@H]5O[C@H](CO)[C@@H](O)[C@H](O)[C@H]5O)CC[C@@]45C[C@@]35CC[C@]12C. The Morgan fingerprint density at radius 1 is 0.603 bits per heavy atom. The Labute approximate surface area is 398 Å². The van der Waals surface area contributed by atoms with Gasteiger partial charge < -0.3 is 99.9 Å². The van der Waals surface area contributed by atoms with Crippen LogP contribution in [0.25, 0.3) is 0 Å². The molecule has 3 aliphatic heterocycles. The molecule has 20 heteroatoms. The molecule has 2 spiro atoms. The van der Waals surface area contributed by atoms with E-state index in [1.807, 2.05) is 0 Å². The maximum atomic E-state index is 12.3. The molecule has 3 heterocycles. The van der Waals surface area contributed by atoms with Gasteiger partial charge in [0.2, 0.25) is 0 Å². The van der Waals surface area contributed by atoms with E-state index in [1.165, 1.54) is 0 Å². The first kappa shape index (κ1) is 53.5. The molecular weight excluding hydrogens is 897 g/mol. The van der Waals surface area contributed by atoms with Gasteiger partial charge in [0.1, 0.15) is 73.2 Å². The molecule has 8 rings (SSSR count). The number of hydrogen-bond donors (Lipinski definition) is 14. The standard InChI is InChI=1S/C48H82O20/c1-20(8-9-28(44(4,5)62)68-42-38(61)35(58)32(55)25(18-51)66-42)29-21(52)15-46(7)26-14-22(63-40-36(59)33(56)30(53)23(16-49)64-40)39-43(2,3)27(67-41-37(60)34(57)31(54)24(17-50)65-41)10-11-48(39)19-47(26,48)13-12-45(29,46)6/h20-42,49-62H,8-19H2,1-7H3/t20-,21+,22+,23-,24-,25-,26+,27+,28+,29+,30-,31-,32-,33+,34+,35+,36-,37-,38-,39-,40-,41+,42+,45-,46+,47+,48-/m1/s1. The maximum Gasteiger partial charge on any atom is 0.187 e. The summed E-state index contributed by atoms with van der Waals surface area (Å²) < 4.78 is 37.1. The Hall–Kier alpha value is -0.800. The Morgan fingerprint density at radius 2 is 1.10 bits per heavy atom. The molecule has 0 bridgehead atoms. The average Bonchev–Trinajstić information content (AvgIpc) is 3.88. The van der Waals surface area contributed by atoms with Gasteiger partial charge in [0.15, 0.2) is 18.9 Å². The first-order valence-electron chi connectivity index (χ1n) is 25.0. The topological polar surface area (TPSA) is 339 Å². The van der Waals surface area contributed by atoms with E-state index in [9.17, 15) is 71.5 Å². The first-order valence-corrected chi connectivity index (χ1v) is 25.0. The van der Waals surface area contributed by atoms with E-state index in [-0.39, 0.29) is 40.9 Å². The second-order valence-corrected chi connectivity index (χ2v) is 24.0. The summed E-state index contributed by atoms with van der Waals surface area (Å²) in [4.78, 5) is 0. The lowest BCUT2D eigenvalue weighted by Crippen LogP contribution is -2.65. The predicted octanol–water partition coefficient (Wildman–Crippen LogP) is -2.25. The third-order valence-corrected chi connectivity index (χ3v) is 19.8. The fraction of sp³-hybridized carbons (Fsp3) is 1.00. The van der Waals surface area contributed by atoms with Crippen LogP contribution in [0.5, 0.6) is 0 Å². The lowest BCUT2D eigenvalue weighted by Gasteiger charge is -2.65. The molecular formula is C48H82O20. The molecule has 0 radical (unpaired) electrons. The van der Waals surface area contributed by atoms with Crippen LogP contribution in [0.3, 0.4) is 0 Å². The molecule has 3 saturated heterocycles. The molecule has 5 saturated carbocycles.